The lowest BCUT2D eigenvalue weighted by Crippen LogP contribution is -2.14. The Balaban J connectivity index is 1.62. The fourth-order valence-corrected chi connectivity index (χ4v) is 3.15. The van der Waals surface area contributed by atoms with Crippen LogP contribution in [0.5, 0.6) is 0 Å². The zero-order valence-corrected chi connectivity index (χ0v) is 13.2. The van der Waals surface area contributed by atoms with Crippen molar-refractivity contribution in [1.82, 2.24) is 0 Å². The number of rotatable bonds is 3. The average Bonchev–Trinajstić information content (AvgIpc) is 2.62. The van der Waals surface area contributed by atoms with E-state index < -0.39 is 0 Å². The molecule has 0 fully saturated rings. The van der Waals surface area contributed by atoms with Crippen molar-refractivity contribution in [2.24, 2.45) is 0 Å². The van der Waals surface area contributed by atoms with Crippen molar-refractivity contribution >= 4 is 33.1 Å². The summed E-state index contributed by atoms with van der Waals surface area (Å²) in [6.45, 7) is 0. The Bertz CT molecular complexity index is 942. The van der Waals surface area contributed by atoms with E-state index in [1.807, 2.05) is 54.6 Å². The van der Waals surface area contributed by atoms with Crippen LogP contribution in [0.4, 0.5) is 5.69 Å². The quantitative estimate of drug-likeness (QED) is 0.555. The number of carbonyl (C=O) groups is 1. The van der Waals surface area contributed by atoms with Gasteiger partial charge in [-0.25, -0.2) is 0 Å². The number of nitrogens with one attached hydrogen (secondary N) is 1. The summed E-state index contributed by atoms with van der Waals surface area (Å²) < 4.78 is 0. The molecule has 0 aliphatic rings. The molecule has 0 radical (unpaired) electrons. The lowest BCUT2D eigenvalue weighted by Gasteiger charge is -2.10. The van der Waals surface area contributed by atoms with Gasteiger partial charge in [-0.3, -0.25) is 4.79 Å². The van der Waals surface area contributed by atoms with Gasteiger partial charge in [0.25, 0.3) is 0 Å². The molecule has 4 aromatic carbocycles. The molecular formula is C22H17NO. The third kappa shape index (κ3) is 2.74. The zero-order chi connectivity index (χ0) is 16.4. The number of hydrogen-bond acceptors (Lipinski definition) is 1. The Labute approximate surface area is 140 Å². The summed E-state index contributed by atoms with van der Waals surface area (Å²) in [6, 6.07) is 28.3. The van der Waals surface area contributed by atoms with Gasteiger partial charge < -0.3 is 5.32 Å². The lowest BCUT2D eigenvalue weighted by atomic mass is 10.0. The first-order valence-electron chi connectivity index (χ1n) is 8.05. The molecule has 2 heteroatoms. The normalized spacial score (nSPS) is 10.8. The Hall–Kier alpha value is -3.13. The van der Waals surface area contributed by atoms with E-state index in [-0.39, 0.29) is 5.91 Å². The van der Waals surface area contributed by atoms with Gasteiger partial charge in [0.05, 0.1) is 6.42 Å². The van der Waals surface area contributed by atoms with Gasteiger partial charge in [-0.15, -0.1) is 0 Å². The molecule has 0 aliphatic carbocycles. The SMILES string of the molecule is O=C(Cc1cccc2ccccc12)Nc1cccc2ccccc12. The second-order valence-electron chi connectivity index (χ2n) is 5.89. The van der Waals surface area contributed by atoms with E-state index in [0.717, 1.165) is 32.8 Å². The van der Waals surface area contributed by atoms with Gasteiger partial charge in [0.2, 0.25) is 5.91 Å². The van der Waals surface area contributed by atoms with Crippen LogP contribution in [0.2, 0.25) is 0 Å². The summed E-state index contributed by atoms with van der Waals surface area (Å²) in [5, 5.41) is 7.54. The fraction of sp³-hybridized carbons (Fsp3) is 0.0455. The summed E-state index contributed by atoms with van der Waals surface area (Å²) in [5.74, 6) is 0.00251. The van der Waals surface area contributed by atoms with E-state index >= 15 is 0 Å². The number of hydrogen-bond donors (Lipinski definition) is 1. The Morgan fingerprint density at radius 3 is 2.04 bits per heavy atom. The van der Waals surface area contributed by atoms with Crippen LogP contribution in [0.15, 0.2) is 84.9 Å². The van der Waals surface area contributed by atoms with E-state index in [0.29, 0.717) is 6.42 Å². The lowest BCUT2D eigenvalue weighted by molar-refractivity contribution is -0.115. The number of amides is 1. The molecule has 0 saturated carbocycles. The van der Waals surface area contributed by atoms with E-state index in [1.54, 1.807) is 0 Å². The van der Waals surface area contributed by atoms with Crippen molar-refractivity contribution in [1.29, 1.82) is 0 Å². The zero-order valence-electron chi connectivity index (χ0n) is 13.2. The van der Waals surface area contributed by atoms with Gasteiger partial charge in [0, 0.05) is 11.1 Å². The minimum atomic E-state index is 0.00251. The van der Waals surface area contributed by atoms with Gasteiger partial charge in [0.15, 0.2) is 0 Å². The standard InChI is InChI=1S/C22H17NO/c24-22(15-18-11-5-9-16-7-1-3-12-19(16)18)23-21-14-6-10-17-8-2-4-13-20(17)21/h1-14H,15H2,(H,23,24). The number of carbonyl (C=O) groups excluding carboxylic acids is 1. The molecule has 0 atom stereocenters. The summed E-state index contributed by atoms with van der Waals surface area (Å²) in [4.78, 5) is 12.6. The highest BCUT2D eigenvalue weighted by Crippen LogP contribution is 2.24. The molecule has 1 N–H and O–H groups in total. The minimum Gasteiger partial charge on any atom is -0.325 e. The Morgan fingerprint density at radius 2 is 1.25 bits per heavy atom. The fourth-order valence-electron chi connectivity index (χ4n) is 3.15. The van der Waals surface area contributed by atoms with Crippen molar-refractivity contribution in [3.63, 3.8) is 0 Å². The molecule has 0 bridgehead atoms. The molecule has 1 amide bonds. The highest BCUT2D eigenvalue weighted by atomic mass is 16.1. The highest BCUT2D eigenvalue weighted by Gasteiger charge is 2.09. The molecule has 0 aromatic heterocycles. The van der Waals surface area contributed by atoms with Gasteiger partial charge in [-0.2, -0.15) is 0 Å². The van der Waals surface area contributed by atoms with Gasteiger partial charge in [0.1, 0.15) is 0 Å². The third-order valence-electron chi connectivity index (χ3n) is 4.29. The van der Waals surface area contributed by atoms with Crippen molar-refractivity contribution in [3.8, 4) is 0 Å². The van der Waals surface area contributed by atoms with Crippen LogP contribution in [0.1, 0.15) is 5.56 Å². The van der Waals surface area contributed by atoms with Crippen LogP contribution in [0, 0.1) is 0 Å². The molecule has 4 aromatic rings. The van der Waals surface area contributed by atoms with Crippen molar-refractivity contribution in [2.75, 3.05) is 5.32 Å². The first-order valence-corrected chi connectivity index (χ1v) is 8.05. The number of benzene rings is 4. The average molecular weight is 311 g/mol. The molecule has 4 rings (SSSR count). The van der Waals surface area contributed by atoms with Crippen LogP contribution in [0.25, 0.3) is 21.5 Å². The molecule has 0 heterocycles. The van der Waals surface area contributed by atoms with Crippen molar-refractivity contribution in [2.45, 2.75) is 6.42 Å². The Kier molecular flexibility index (Phi) is 3.72. The second kappa shape index (κ2) is 6.17. The van der Waals surface area contributed by atoms with E-state index in [1.165, 1.54) is 0 Å². The first kappa shape index (κ1) is 14.5. The molecular weight excluding hydrogens is 294 g/mol. The Morgan fingerprint density at radius 1 is 0.667 bits per heavy atom. The van der Waals surface area contributed by atoms with Gasteiger partial charge >= 0.3 is 0 Å². The van der Waals surface area contributed by atoms with Crippen molar-refractivity contribution in [3.05, 3.63) is 90.5 Å². The third-order valence-corrected chi connectivity index (χ3v) is 4.29. The maximum Gasteiger partial charge on any atom is 0.228 e. The first-order chi connectivity index (χ1) is 11.8. The van der Waals surface area contributed by atoms with Gasteiger partial charge in [-0.05, 0) is 27.8 Å². The van der Waals surface area contributed by atoms with Crippen LogP contribution in [0.3, 0.4) is 0 Å². The summed E-state index contributed by atoms with van der Waals surface area (Å²) in [5.41, 5.74) is 1.91. The second-order valence-corrected chi connectivity index (χ2v) is 5.89. The molecule has 116 valence electrons. The van der Waals surface area contributed by atoms with E-state index in [9.17, 15) is 4.79 Å². The number of fused-ring (bicyclic) bond motifs is 2. The molecule has 0 spiro atoms. The predicted octanol–water partition coefficient (Wildman–Crippen LogP) is 5.17. The van der Waals surface area contributed by atoms with Crippen LogP contribution < -0.4 is 5.32 Å². The van der Waals surface area contributed by atoms with Crippen molar-refractivity contribution < 1.29 is 4.79 Å². The summed E-state index contributed by atoms with van der Waals surface area (Å²) in [7, 11) is 0. The largest absolute Gasteiger partial charge is 0.325 e. The minimum absolute atomic E-state index is 0.00251. The summed E-state index contributed by atoms with van der Waals surface area (Å²) >= 11 is 0. The highest BCUT2D eigenvalue weighted by molar-refractivity contribution is 6.03. The topological polar surface area (TPSA) is 29.1 Å². The van der Waals surface area contributed by atoms with Crippen LogP contribution in [-0.4, -0.2) is 5.91 Å². The smallest absolute Gasteiger partial charge is 0.228 e. The maximum absolute atomic E-state index is 12.6. The van der Waals surface area contributed by atoms with Gasteiger partial charge in [-0.1, -0.05) is 78.9 Å². The summed E-state index contributed by atoms with van der Waals surface area (Å²) in [6.07, 6.45) is 0.366. The maximum atomic E-state index is 12.6. The molecule has 0 saturated heterocycles. The molecule has 0 aliphatic heterocycles. The van der Waals surface area contributed by atoms with E-state index in [4.69, 9.17) is 0 Å². The van der Waals surface area contributed by atoms with E-state index in [2.05, 4.69) is 35.6 Å². The molecule has 2 nitrogen and oxygen atoms in total. The molecule has 24 heavy (non-hydrogen) atoms. The monoisotopic (exact) mass is 311 g/mol. The number of anilines is 1. The predicted molar refractivity (Wildman–Crippen MR) is 100 cm³/mol. The van der Waals surface area contributed by atoms with Crippen LogP contribution >= 0.6 is 0 Å². The van der Waals surface area contributed by atoms with Crippen LogP contribution in [-0.2, 0) is 11.2 Å². The molecule has 0 unspecified atom stereocenters.